The molecular weight excluding hydrogens is 296 g/mol. The van der Waals surface area contributed by atoms with Gasteiger partial charge in [0.15, 0.2) is 0 Å². The molecule has 23 heavy (non-hydrogen) atoms. The van der Waals surface area contributed by atoms with Crippen LogP contribution in [0.5, 0.6) is 0 Å². The normalized spacial score (nSPS) is 23.5. The monoisotopic (exact) mass is 316 g/mol. The van der Waals surface area contributed by atoms with Gasteiger partial charge in [0.1, 0.15) is 0 Å². The minimum Gasteiger partial charge on any atom is -0.376 e. The summed E-state index contributed by atoms with van der Waals surface area (Å²) in [5.74, 6) is -1.52. The minimum atomic E-state index is -0.762. The highest BCUT2D eigenvalue weighted by Crippen LogP contribution is 2.27. The highest BCUT2D eigenvalue weighted by atomic mass is 16.5. The van der Waals surface area contributed by atoms with Gasteiger partial charge in [-0.05, 0) is 31.7 Å². The largest absolute Gasteiger partial charge is 0.376 e. The van der Waals surface area contributed by atoms with Crippen molar-refractivity contribution < 1.29 is 19.1 Å². The molecule has 2 atom stereocenters. The van der Waals surface area contributed by atoms with Crippen molar-refractivity contribution in [3.63, 3.8) is 0 Å². The molecule has 0 unspecified atom stereocenters. The molecule has 2 saturated heterocycles. The van der Waals surface area contributed by atoms with Crippen LogP contribution in [0.25, 0.3) is 0 Å². The fourth-order valence-corrected chi connectivity index (χ4v) is 3.06. The zero-order chi connectivity index (χ0) is 16.4. The first-order chi connectivity index (χ1) is 11.1. The first-order valence-corrected chi connectivity index (χ1v) is 7.95. The number of benzene rings is 1. The number of urea groups is 1. The Morgan fingerprint density at radius 2 is 1.87 bits per heavy atom. The van der Waals surface area contributed by atoms with Crippen LogP contribution in [0.2, 0.25) is 0 Å². The molecule has 0 saturated carbocycles. The molecule has 2 aliphatic rings. The number of hydrogen-bond acceptors (Lipinski definition) is 4. The molecule has 2 heterocycles. The number of imide groups is 2. The summed E-state index contributed by atoms with van der Waals surface area (Å²) >= 11 is 0. The third-order valence-corrected chi connectivity index (χ3v) is 4.41. The summed E-state index contributed by atoms with van der Waals surface area (Å²) in [7, 11) is 0. The summed E-state index contributed by atoms with van der Waals surface area (Å²) in [5.41, 5.74) is 0.817. The zero-order valence-electron chi connectivity index (χ0n) is 13.1. The van der Waals surface area contributed by atoms with Crippen molar-refractivity contribution in [2.24, 2.45) is 0 Å². The lowest BCUT2D eigenvalue weighted by Crippen LogP contribution is -2.41. The highest BCUT2D eigenvalue weighted by Gasteiger charge is 2.47. The van der Waals surface area contributed by atoms with E-state index in [0.29, 0.717) is 6.61 Å². The second kappa shape index (κ2) is 6.50. The van der Waals surface area contributed by atoms with Gasteiger partial charge in [-0.2, -0.15) is 0 Å². The van der Waals surface area contributed by atoms with Crippen LogP contribution in [-0.2, 0) is 14.3 Å². The number of nitrogens with zero attached hydrogens (tertiary/aromatic N) is 2. The number of carbonyl (C=O) groups is 3. The van der Waals surface area contributed by atoms with E-state index in [1.807, 2.05) is 30.3 Å². The van der Waals surface area contributed by atoms with Gasteiger partial charge in [-0.3, -0.25) is 14.5 Å². The summed E-state index contributed by atoms with van der Waals surface area (Å²) in [6, 6.07) is 8.19. The predicted molar refractivity (Wildman–Crippen MR) is 82.4 cm³/mol. The summed E-state index contributed by atoms with van der Waals surface area (Å²) in [6.07, 6.45) is 2.64. The van der Waals surface area contributed by atoms with E-state index in [4.69, 9.17) is 4.74 Å². The quantitative estimate of drug-likeness (QED) is 0.630. The maximum absolute atomic E-state index is 12.6. The molecule has 3 rings (SSSR count). The van der Waals surface area contributed by atoms with Crippen LogP contribution in [0.3, 0.4) is 0 Å². The van der Waals surface area contributed by atoms with Gasteiger partial charge in [0.25, 0.3) is 0 Å². The third-order valence-electron chi connectivity index (χ3n) is 4.41. The van der Waals surface area contributed by atoms with Crippen molar-refractivity contribution in [3.05, 3.63) is 35.9 Å². The van der Waals surface area contributed by atoms with Gasteiger partial charge in [-0.15, -0.1) is 0 Å². The van der Waals surface area contributed by atoms with Gasteiger partial charge >= 0.3 is 17.8 Å². The van der Waals surface area contributed by atoms with Crippen molar-refractivity contribution in [3.8, 4) is 0 Å². The number of amides is 4. The van der Waals surface area contributed by atoms with Crippen LogP contribution < -0.4 is 0 Å². The molecule has 0 radical (unpaired) electrons. The first kappa shape index (κ1) is 15.7. The summed E-state index contributed by atoms with van der Waals surface area (Å²) in [5, 5.41) is 0. The molecule has 6 heteroatoms. The first-order valence-electron chi connectivity index (χ1n) is 7.95. The molecule has 6 nitrogen and oxygen atoms in total. The van der Waals surface area contributed by atoms with Crippen molar-refractivity contribution in [2.45, 2.75) is 38.3 Å². The van der Waals surface area contributed by atoms with Crippen LogP contribution in [0.1, 0.15) is 37.8 Å². The number of carbonyl (C=O) groups excluding carboxylic acids is 3. The topological polar surface area (TPSA) is 66.9 Å². The Hall–Kier alpha value is -2.21. The second-order valence-electron chi connectivity index (χ2n) is 5.95. The van der Waals surface area contributed by atoms with Crippen molar-refractivity contribution >= 4 is 17.8 Å². The Kier molecular flexibility index (Phi) is 4.43. The molecule has 122 valence electrons. The lowest BCUT2D eigenvalue weighted by Gasteiger charge is -2.26. The lowest BCUT2D eigenvalue weighted by molar-refractivity contribution is -0.144. The van der Waals surface area contributed by atoms with E-state index in [2.05, 4.69) is 0 Å². The van der Waals surface area contributed by atoms with Gasteiger partial charge in [0, 0.05) is 6.61 Å². The van der Waals surface area contributed by atoms with Gasteiger partial charge < -0.3 is 4.74 Å². The molecule has 2 fully saturated rings. The molecule has 0 aliphatic carbocycles. The van der Waals surface area contributed by atoms with E-state index in [1.54, 1.807) is 6.92 Å². The average molecular weight is 316 g/mol. The minimum absolute atomic E-state index is 0.154. The van der Waals surface area contributed by atoms with Gasteiger partial charge in [-0.1, -0.05) is 30.3 Å². The van der Waals surface area contributed by atoms with Gasteiger partial charge in [-0.25, -0.2) is 9.69 Å². The SMILES string of the molecule is C[C@H](c1ccccc1)N1C(=O)C(=O)N(C[C@H]2CCCCO2)C1=O. The van der Waals surface area contributed by atoms with Crippen LogP contribution in [0, 0.1) is 0 Å². The van der Waals surface area contributed by atoms with Crippen LogP contribution in [-0.4, -0.2) is 46.9 Å². The molecule has 0 N–H and O–H groups in total. The van der Waals surface area contributed by atoms with Crippen molar-refractivity contribution in [1.29, 1.82) is 0 Å². The fraction of sp³-hybridized carbons (Fsp3) is 0.471. The number of hydrogen-bond donors (Lipinski definition) is 0. The van der Waals surface area contributed by atoms with Crippen molar-refractivity contribution in [1.82, 2.24) is 9.80 Å². The standard InChI is InChI=1S/C17H20N2O4/c1-12(13-7-3-2-4-8-13)19-16(21)15(20)18(17(19)22)11-14-9-5-6-10-23-14/h2-4,7-8,12,14H,5-6,9-11H2,1H3/t12-,14-/m1/s1. The molecule has 0 bridgehead atoms. The second-order valence-corrected chi connectivity index (χ2v) is 5.95. The molecule has 1 aromatic rings. The molecule has 0 aromatic heterocycles. The summed E-state index contributed by atoms with van der Waals surface area (Å²) in [4.78, 5) is 39.1. The van der Waals surface area contributed by atoms with E-state index < -0.39 is 23.9 Å². The van der Waals surface area contributed by atoms with Gasteiger partial charge in [0.05, 0.1) is 18.7 Å². The molecule has 4 amide bonds. The van der Waals surface area contributed by atoms with Crippen LogP contribution >= 0.6 is 0 Å². The summed E-state index contributed by atoms with van der Waals surface area (Å²) < 4.78 is 5.58. The maximum Gasteiger partial charge on any atom is 0.334 e. The molecule has 1 aromatic carbocycles. The van der Waals surface area contributed by atoms with E-state index in [0.717, 1.165) is 34.6 Å². The van der Waals surface area contributed by atoms with E-state index in [1.165, 1.54) is 0 Å². The van der Waals surface area contributed by atoms with Crippen LogP contribution in [0.4, 0.5) is 4.79 Å². The third kappa shape index (κ3) is 2.99. The fourth-order valence-electron chi connectivity index (χ4n) is 3.06. The molecule has 2 aliphatic heterocycles. The Morgan fingerprint density at radius 1 is 1.13 bits per heavy atom. The van der Waals surface area contributed by atoms with Crippen LogP contribution in [0.15, 0.2) is 30.3 Å². The van der Waals surface area contributed by atoms with E-state index >= 15 is 0 Å². The Balaban J connectivity index is 1.76. The Bertz CT molecular complexity index is 610. The lowest BCUT2D eigenvalue weighted by atomic mass is 10.1. The Morgan fingerprint density at radius 3 is 2.52 bits per heavy atom. The van der Waals surface area contributed by atoms with Crippen molar-refractivity contribution in [2.75, 3.05) is 13.2 Å². The summed E-state index contributed by atoms with van der Waals surface area (Å²) in [6.45, 7) is 2.54. The van der Waals surface area contributed by atoms with Gasteiger partial charge in [0.2, 0.25) is 0 Å². The molecule has 0 spiro atoms. The molecular formula is C17H20N2O4. The zero-order valence-corrected chi connectivity index (χ0v) is 13.1. The van der Waals surface area contributed by atoms with E-state index in [9.17, 15) is 14.4 Å². The smallest absolute Gasteiger partial charge is 0.334 e. The average Bonchev–Trinajstić information content (AvgIpc) is 2.80. The maximum atomic E-state index is 12.6. The number of rotatable bonds is 4. The van der Waals surface area contributed by atoms with E-state index in [-0.39, 0.29) is 12.6 Å². The number of ether oxygens (including phenoxy) is 1. The highest BCUT2D eigenvalue weighted by molar-refractivity contribution is 6.44. The predicted octanol–water partition coefficient (Wildman–Crippen LogP) is 2.11. The Labute approximate surface area is 135 Å².